The van der Waals surface area contributed by atoms with E-state index in [4.69, 9.17) is 0 Å². The zero-order chi connectivity index (χ0) is 11.4. The van der Waals surface area contributed by atoms with Crippen molar-refractivity contribution in [3.8, 4) is 0 Å². The van der Waals surface area contributed by atoms with Crippen LogP contribution in [0.25, 0.3) is 0 Å². The lowest BCUT2D eigenvalue weighted by atomic mass is 10.0. The van der Waals surface area contributed by atoms with E-state index < -0.39 is 0 Å². The maximum absolute atomic E-state index is 4.19. The van der Waals surface area contributed by atoms with Gasteiger partial charge in [-0.15, -0.1) is 0 Å². The lowest BCUT2D eigenvalue weighted by molar-refractivity contribution is 0.393. The molecule has 2 unspecified atom stereocenters. The minimum atomic E-state index is 0.765. The van der Waals surface area contributed by atoms with Crippen LogP contribution in [0.4, 0.5) is 0 Å². The molecule has 0 aromatic carbocycles. The molecule has 1 aliphatic rings. The van der Waals surface area contributed by atoms with E-state index in [1.165, 1.54) is 31.2 Å². The van der Waals surface area contributed by atoms with Crippen molar-refractivity contribution in [3.05, 3.63) is 18.0 Å². The van der Waals surface area contributed by atoms with Crippen LogP contribution in [0, 0.1) is 5.92 Å². The second kappa shape index (κ2) is 5.48. The molecule has 1 N–H and O–H groups in total. The van der Waals surface area contributed by atoms with E-state index in [-0.39, 0.29) is 0 Å². The summed E-state index contributed by atoms with van der Waals surface area (Å²) in [5, 5.41) is 7.89. The van der Waals surface area contributed by atoms with Crippen LogP contribution in [0.5, 0.6) is 0 Å². The number of nitrogens with zero attached hydrogens (tertiary/aromatic N) is 2. The fourth-order valence-electron chi connectivity index (χ4n) is 2.80. The first-order chi connectivity index (χ1) is 7.79. The second-order valence-electron chi connectivity index (χ2n) is 4.93. The molecule has 90 valence electrons. The van der Waals surface area contributed by atoms with E-state index in [0.717, 1.165) is 24.9 Å². The summed E-state index contributed by atoms with van der Waals surface area (Å²) < 4.78 is 1.87. The molecule has 1 saturated carbocycles. The summed E-state index contributed by atoms with van der Waals surface area (Å²) in [5.41, 5.74) is 1.33. The van der Waals surface area contributed by atoms with Crippen molar-refractivity contribution in [3.63, 3.8) is 0 Å². The molecular formula is C13H23N3. The van der Waals surface area contributed by atoms with Crippen LogP contribution in [0.1, 0.15) is 38.2 Å². The number of nitrogens with one attached hydrogen (secondary N) is 1. The van der Waals surface area contributed by atoms with Gasteiger partial charge < -0.3 is 5.32 Å². The van der Waals surface area contributed by atoms with Gasteiger partial charge in [-0.25, -0.2) is 0 Å². The van der Waals surface area contributed by atoms with Gasteiger partial charge >= 0.3 is 0 Å². The molecule has 0 spiro atoms. The molecule has 1 heterocycles. The number of hydrogen-bond acceptors (Lipinski definition) is 2. The van der Waals surface area contributed by atoms with E-state index in [1.54, 1.807) is 0 Å². The van der Waals surface area contributed by atoms with Crippen molar-refractivity contribution in [1.29, 1.82) is 0 Å². The summed E-state index contributed by atoms with van der Waals surface area (Å²) in [4.78, 5) is 0. The SMILES string of the molecule is CCC1CCCC1NCCc1cnn(C)c1. The van der Waals surface area contributed by atoms with Crippen LogP contribution >= 0.6 is 0 Å². The van der Waals surface area contributed by atoms with Crippen molar-refractivity contribution in [2.45, 2.75) is 45.1 Å². The van der Waals surface area contributed by atoms with Crippen molar-refractivity contribution < 1.29 is 0 Å². The van der Waals surface area contributed by atoms with Crippen LogP contribution in [-0.2, 0) is 13.5 Å². The van der Waals surface area contributed by atoms with Crippen LogP contribution in [0.3, 0.4) is 0 Å². The van der Waals surface area contributed by atoms with Gasteiger partial charge in [0.1, 0.15) is 0 Å². The minimum absolute atomic E-state index is 0.765. The second-order valence-corrected chi connectivity index (χ2v) is 4.93. The Morgan fingerprint density at radius 3 is 3.06 bits per heavy atom. The quantitative estimate of drug-likeness (QED) is 0.825. The van der Waals surface area contributed by atoms with Gasteiger partial charge in [-0.05, 0) is 37.3 Å². The Morgan fingerprint density at radius 1 is 1.50 bits per heavy atom. The fourth-order valence-corrected chi connectivity index (χ4v) is 2.80. The highest BCUT2D eigenvalue weighted by Crippen LogP contribution is 2.27. The predicted octanol–water partition coefficient (Wildman–Crippen LogP) is 2.13. The van der Waals surface area contributed by atoms with Gasteiger partial charge in [0.25, 0.3) is 0 Å². The predicted molar refractivity (Wildman–Crippen MR) is 66.3 cm³/mol. The fraction of sp³-hybridized carbons (Fsp3) is 0.769. The molecule has 1 aromatic rings. The van der Waals surface area contributed by atoms with E-state index in [2.05, 4.69) is 23.5 Å². The maximum Gasteiger partial charge on any atom is 0.0522 e. The highest BCUT2D eigenvalue weighted by Gasteiger charge is 2.24. The summed E-state index contributed by atoms with van der Waals surface area (Å²) in [6, 6.07) is 0.765. The van der Waals surface area contributed by atoms with Crippen LogP contribution in [0.15, 0.2) is 12.4 Å². The molecule has 2 rings (SSSR count). The molecule has 1 aromatic heterocycles. The van der Waals surface area contributed by atoms with Gasteiger partial charge in [0, 0.05) is 19.3 Å². The zero-order valence-electron chi connectivity index (χ0n) is 10.4. The minimum Gasteiger partial charge on any atom is -0.313 e. The first-order valence-corrected chi connectivity index (χ1v) is 6.50. The highest BCUT2D eigenvalue weighted by molar-refractivity contribution is 5.04. The molecule has 1 aliphatic carbocycles. The Kier molecular flexibility index (Phi) is 3.99. The Labute approximate surface area is 98.2 Å². The standard InChI is InChI=1S/C13H23N3/c1-3-12-5-4-6-13(12)14-8-7-11-9-15-16(2)10-11/h9-10,12-14H,3-8H2,1-2H3. The molecule has 16 heavy (non-hydrogen) atoms. The van der Waals surface area contributed by atoms with Gasteiger partial charge in [-0.3, -0.25) is 4.68 Å². The lowest BCUT2D eigenvalue weighted by Crippen LogP contribution is -2.33. The third kappa shape index (κ3) is 2.85. The highest BCUT2D eigenvalue weighted by atomic mass is 15.2. The van der Waals surface area contributed by atoms with Gasteiger partial charge in [0.2, 0.25) is 0 Å². The molecule has 3 heteroatoms. The molecule has 0 amide bonds. The summed E-state index contributed by atoms with van der Waals surface area (Å²) in [6.45, 7) is 3.40. The molecule has 2 atom stereocenters. The summed E-state index contributed by atoms with van der Waals surface area (Å²) in [5.74, 6) is 0.911. The number of rotatable bonds is 5. The largest absolute Gasteiger partial charge is 0.313 e. The normalized spacial score (nSPS) is 25.1. The number of aromatic nitrogens is 2. The maximum atomic E-state index is 4.19. The van der Waals surface area contributed by atoms with Crippen LogP contribution < -0.4 is 5.32 Å². The zero-order valence-corrected chi connectivity index (χ0v) is 10.4. The third-order valence-electron chi connectivity index (χ3n) is 3.76. The van der Waals surface area contributed by atoms with E-state index >= 15 is 0 Å². The van der Waals surface area contributed by atoms with Gasteiger partial charge in [-0.2, -0.15) is 5.10 Å². The molecule has 0 aliphatic heterocycles. The Morgan fingerprint density at radius 2 is 2.38 bits per heavy atom. The number of hydrogen-bond donors (Lipinski definition) is 1. The van der Waals surface area contributed by atoms with Gasteiger partial charge in [0.15, 0.2) is 0 Å². The molecule has 0 bridgehead atoms. The first kappa shape index (κ1) is 11.6. The van der Waals surface area contributed by atoms with Crippen molar-refractivity contribution in [2.24, 2.45) is 13.0 Å². The third-order valence-corrected chi connectivity index (χ3v) is 3.76. The van der Waals surface area contributed by atoms with Crippen LogP contribution in [0.2, 0.25) is 0 Å². The van der Waals surface area contributed by atoms with Crippen molar-refractivity contribution >= 4 is 0 Å². The van der Waals surface area contributed by atoms with E-state index in [0.29, 0.717) is 0 Å². The Hall–Kier alpha value is -0.830. The summed E-state index contributed by atoms with van der Waals surface area (Å²) in [7, 11) is 1.97. The monoisotopic (exact) mass is 221 g/mol. The van der Waals surface area contributed by atoms with Gasteiger partial charge in [0.05, 0.1) is 6.20 Å². The van der Waals surface area contributed by atoms with Crippen molar-refractivity contribution in [1.82, 2.24) is 15.1 Å². The molecule has 0 saturated heterocycles. The average Bonchev–Trinajstić information content (AvgIpc) is 2.87. The van der Waals surface area contributed by atoms with Gasteiger partial charge in [-0.1, -0.05) is 19.8 Å². The molecule has 3 nitrogen and oxygen atoms in total. The number of aryl methyl sites for hydroxylation is 1. The Balaban J connectivity index is 1.71. The molecule has 0 radical (unpaired) electrons. The molecule has 1 fully saturated rings. The summed E-state index contributed by atoms with van der Waals surface area (Å²) >= 11 is 0. The molecular weight excluding hydrogens is 198 g/mol. The smallest absolute Gasteiger partial charge is 0.0522 e. The van der Waals surface area contributed by atoms with Crippen molar-refractivity contribution in [2.75, 3.05) is 6.54 Å². The van der Waals surface area contributed by atoms with Crippen LogP contribution in [-0.4, -0.2) is 22.4 Å². The summed E-state index contributed by atoms with van der Waals surface area (Å²) in [6.07, 6.45) is 10.7. The first-order valence-electron chi connectivity index (χ1n) is 6.50. The Bertz CT molecular complexity index is 319. The topological polar surface area (TPSA) is 29.9 Å². The lowest BCUT2D eigenvalue weighted by Gasteiger charge is -2.19. The average molecular weight is 221 g/mol. The van der Waals surface area contributed by atoms with E-state index in [9.17, 15) is 0 Å². The van der Waals surface area contributed by atoms with E-state index in [1.807, 2.05) is 17.9 Å².